The van der Waals surface area contributed by atoms with E-state index in [4.69, 9.17) is 0 Å². The highest BCUT2D eigenvalue weighted by Crippen LogP contribution is 2.19. The number of aromatic nitrogens is 2. The van der Waals surface area contributed by atoms with Crippen molar-refractivity contribution in [1.29, 1.82) is 0 Å². The molecular formula is C15H14N2O. The minimum absolute atomic E-state index is 0.186. The number of ketones is 1. The second-order valence-corrected chi connectivity index (χ2v) is 3.80. The number of benzene rings is 1. The number of hydrogen-bond donors (Lipinski definition) is 0. The zero-order valence-electron chi connectivity index (χ0n) is 10.5. The Morgan fingerprint density at radius 2 is 2.06 bits per heavy atom. The van der Waals surface area contributed by atoms with Gasteiger partial charge in [-0.3, -0.25) is 9.48 Å². The van der Waals surface area contributed by atoms with E-state index in [0.29, 0.717) is 12.2 Å². The van der Waals surface area contributed by atoms with Gasteiger partial charge in [-0.05, 0) is 25.8 Å². The Balaban J connectivity index is 2.47. The van der Waals surface area contributed by atoms with Crippen LogP contribution in [0.4, 0.5) is 0 Å². The summed E-state index contributed by atoms with van der Waals surface area (Å²) in [7, 11) is 0. The Morgan fingerprint density at radius 1 is 1.33 bits per heavy atom. The van der Waals surface area contributed by atoms with Gasteiger partial charge in [-0.2, -0.15) is 5.10 Å². The molecule has 1 heterocycles. The first-order valence-electron chi connectivity index (χ1n) is 5.86. The number of nitrogens with zero attached hydrogens (tertiary/aromatic N) is 2. The lowest BCUT2D eigenvalue weighted by atomic mass is 10.1. The van der Waals surface area contributed by atoms with Gasteiger partial charge in [0.15, 0.2) is 0 Å². The van der Waals surface area contributed by atoms with Crippen LogP contribution in [-0.2, 0) is 6.54 Å². The lowest BCUT2D eigenvalue weighted by Gasteiger charge is -1.98. The maximum absolute atomic E-state index is 11.8. The Morgan fingerprint density at radius 3 is 2.67 bits per heavy atom. The molecule has 2 aromatic rings. The summed E-state index contributed by atoms with van der Waals surface area (Å²) in [6.45, 7) is 4.26. The molecule has 0 N–H and O–H groups in total. The number of rotatable bonds is 3. The minimum Gasteiger partial charge on any atom is -0.277 e. The van der Waals surface area contributed by atoms with Crippen LogP contribution < -0.4 is 0 Å². The Labute approximate surface area is 106 Å². The number of aryl methyl sites for hydroxylation is 1. The number of carbonyl (C=O) groups is 1. The molecule has 0 aliphatic rings. The molecule has 3 heteroatoms. The van der Waals surface area contributed by atoms with Crippen molar-refractivity contribution in [3.8, 4) is 23.1 Å². The maximum Gasteiger partial charge on any atom is 0.253 e. The van der Waals surface area contributed by atoms with Crippen LogP contribution in [0, 0.1) is 11.8 Å². The highest BCUT2D eigenvalue weighted by molar-refractivity contribution is 6.08. The Bertz CT molecular complexity index is 615. The Hall–Kier alpha value is -2.34. The fraction of sp³-hybridized carbons (Fsp3) is 0.200. The summed E-state index contributed by atoms with van der Waals surface area (Å²) >= 11 is 0. The van der Waals surface area contributed by atoms with Crippen LogP contribution in [0.3, 0.4) is 0 Å². The predicted molar refractivity (Wildman–Crippen MR) is 71.1 cm³/mol. The molecule has 0 saturated carbocycles. The fourth-order valence-corrected chi connectivity index (χ4v) is 1.77. The van der Waals surface area contributed by atoms with Crippen LogP contribution >= 0.6 is 0 Å². The van der Waals surface area contributed by atoms with Crippen molar-refractivity contribution in [2.24, 2.45) is 0 Å². The summed E-state index contributed by atoms with van der Waals surface area (Å²) in [6.07, 6.45) is 0. The van der Waals surface area contributed by atoms with Gasteiger partial charge in [0.1, 0.15) is 5.69 Å². The van der Waals surface area contributed by atoms with E-state index < -0.39 is 0 Å². The molecule has 0 aliphatic heterocycles. The number of carbonyl (C=O) groups excluding carboxylic acids is 1. The summed E-state index contributed by atoms with van der Waals surface area (Å²) in [5, 5.41) is 4.43. The van der Waals surface area contributed by atoms with Crippen molar-refractivity contribution in [3.63, 3.8) is 0 Å². The fourth-order valence-electron chi connectivity index (χ4n) is 1.77. The SMILES string of the molecule is CC#CC(=O)c1cc(-c2ccccc2)nn1CC. The van der Waals surface area contributed by atoms with E-state index in [1.807, 2.05) is 37.3 Å². The normalized spacial score (nSPS) is 9.67. The van der Waals surface area contributed by atoms with Crippen LogP contribution in [0.25, 0.3) is 11.3 Å². The van der Waals surface area contributed by atoms with Crippen molar-refractivity contribution < 1.29 is 4.79 Å². The zero-order chi connectivity index (χ0) is 13.0. The molecule has 0 saturated heterocycles. The van der Waals surface area contributed by atoms with Gasteiger partial charge in [0.25, 0.3) is 5.78 Å². The van der Waals surface area contributed by atoms with Gasteiger partial charge in [-0.25, -0.2) is 0 Å². The van der Waals surface area contributed by atoms with Crippen molar-refractivity contribution in [3.05, 3.63) is 42.1 Å². The van der Waals surface area contributed by atoms with Crippen LogP contribution in [-0.4, -0.2) is 15.6 Å². The van der Waals surface area contributed by atoms with E-state index >= 15 is 0 Å². The second kappa shape index (κ2) is 5.33. The molecule has 0 unspecified atom stereocenters. The molecule has 90 valence electrons. The molecule has 2 rings (SSSR count). The lowest BCUT2D eigenvalue weighted by Crippen LogP contribution is -2.07. The van der Waals surface area contributed by atoms with Crippen molar-refractivity contribution in [1.82, 2.24) is 9.78 Å². The van der Waals surface area contributed by atoms with Crippen LogP contribution in [0.5, 0.6) is 0 Å². The van der Waals surface area contributed by atoms with Crippen LogP contribution in [0.2, 0.25) is 0 Å². The summed E-state index contributed by atoms with van der Waals surface area (Å²) < 4.78 is 1.69. The summed E-state index contributed by atoms with van der Waals surface area (Å²) in [6, 6.07) is 11.6. The number of Topliss-reactive ketones (excluding diaryl/α,β-unsaturated/α-hetero) is 1. The molecule has 0 atom stereocenters. The standard InChI is InChI=1S/C15H14N2O/c1-3-8-15(18)14-11-13(16-17(14)4-2)12-9-6-5-7-10-12/h5-7,9-11H,4H2,1-2H3. The topological polar surface area (TPSA) is 34.9 Å². The summed E-state index contributed by atoms with van der Waals surface area (Å²) in [5.41, 5.74) is 2.35. The smallest absolute Gasteiger partial charge is 0.253 e. The molecular weight excluding hydrogens is 224 g/mol. The van der Waals surface area contributed by atoms with E-state index in [-0.39, 0.29) is 5.78 Å². The minimum atomic E-state index is -0.186. The lowest BCUT2D eigenvalue weighted by molar-refractivity contribution is 0.104. The first kappa shape index (κ1) is 12.1. The van der Waals surface area contributed by atoms with E-state index in [1.54, 1.807) is 17.7 Å². The average molecular weight is 238 g/mol. The highest BCUT2D eigenvalue weighted by atomic mass is 16.1. The van der Waals surface area contributed by atoms with Crippen LogP contribution in [0.1, 0.15) is 24.3 Å². The second-order valence-electron chi connectivity index (χ2n) is 3.80. The summed E-state index contributed by atoms with van der Waals surface area (Å²) in [5.74, 6) is 4.99. The predicted octanol–water partition coefficient (Wildman–Crippen LogP) is 2.78. The van der Waals surface area contributed by atoms with Crippen molar-refractivity contribution in [2.45, 2.75) is 20.4 Å². The first-order valence-corrected chi connectivity index (χ1v) is 5.86. The maximum atomic E-state index is 11.8. The third-order valence-corrected chi connectivity index (χ3v) is 2.62. The first-order chi connectivity index (χ1) is 8.76. The van der Waals surface area contributed by atoms with Gasteiger partial charge >= 0.3 is 0 Å². The largest absolute Gasteiger partial charge is 0.277 e. The molecule has 0 fully saturated rings. The molecule has 0 aliphatic carbocycles. The third kappa shape index (κ3) is 2.33. The molecule has 0 bridgehead atoms. The zero-order valence-corrected chi connectivity index (χ0v) is 10.5. The molecule has 18 heavy (non-hydrogen) atoms. The molecule has 1 aromatic heterocycles. The monoisotopic (exact) mass is 238 g/mol. The van der Waals surface area contributed by atoms with E-state index in [1.165, 1.54) is 0 Å². The molecule has 3 nitrogen and oxygen atoms in total. The molecule has 0 amide bonds. The summed E-state index contributed by atoms with van der Waals surface area (Å²) in [4.78, 5) is 11.8. The van der Waals surface area contributed by atoms with Crippen LogP contribution in [0.15, 0.2) is 36.4 Å². The van der Waals surface area contributed by atoms with Gasteiger partial charge < -0.3 is 0 Å². The highest BCUT2D eigenvalue weighted by Gasteiger charge is 2.13. The average Bonchev–Trinajstić information content (AvgIpc) is 2.84. The number of hydrogen-bond acceptors (Lipinski definition) is 2. The van der Waals surface area contributed by atoms with Gasteiger partial charge in [-0.15, -0.1) is 0 Å². The molecule has 0 radical (unpaired) electrons. The van der Waals surface area contributed by atoms with E-state index in [9.17, 15) is 4.79 Å². The molecule has 0 spiro atoms. The van der Waals surface area contributed by atoms with E-state index in [0.717, 1.165) is 11.3 Å². The van der Waals surface area contributed by atoms with Gasteiger partial charge in [-0.1, -0.05) is 36.3 Å². The quantitative estimate of drug-likeness (QED) is 0.468. The van der Waals surface area contributed by atoms with E-state index in [2.05, 4.69) is 16.9 Å². The van der Waals surface area contributed by atoms with Crippen molar-refractivity contribution in [2.75, 3.05) is 0 Å². The van der Waals surface area contributed by atoms with Gasteiger partial charge in [0.2, 0.25) is 0 Å². The molecule has 1 aromatic carbocycles. The Kier molecular flexibility index (Phi) is 3.59. The third-order valence-electron chi connectivity index (χ3n) is 2.62. The van der Waals surface area contributed by atoms with Gasteiger partial charge in [0, 0.05) is 12.1 Å². The van der Waals surface area contributed by atoms with Gasteiger partial charge in [0.05, 0.1) is 5.69 Å². The van der Waals surface area contributed by atoms with Crippen molar-refractivity contribution >= 4 is 5.78 Å².